The third-order valence-corrected chi connectivity index (χ3v) is 7.72. The number of piperazine rings is 1. The summed E-state index contributed by atoms with van der Waals surface area (Å²) in [6.07, 6.45) is 7.00. The number of fused-ring (bicyclic) bond motifs is 2. The van der Waals surface area contributed by atoms with Gasteiger partial charge in [0.05, 0.1) is 0 Å². The van der Waals surface area contributed by atoms with Crippen molar-refractivity contribution in [2.45, 2.75) is 62.0 Å². The lowest BCUT2D eigenvalue weighted by Crippen LogP contribution is -2.64. The molecule has 0 spiro atoms. The lowest BCUT2D eigenvalue weighted by atomic mass is 9.80. The van der Waals surface area contributed by atoms with E-state index in [0.717, 1.165) is 24.9 Å². The first-order valence-electron chi connectivity index (χ1n) is 9.30. The van der Waals surface area contributed by atoms with Crippen LogP contribution in [0.15, 0.2) is 0 Å². The number of halogens is 1. The van der Waals surface area contributed by atoms with E-state index in [1.54, 1.807) is 0 Å². The number of hydrazine groups is 1. The van der Waals surface area contributed by atoms with Gasteiger partial charge in [-0.15, -0.1) is 0 Å². The monoisotopic (exact) mass is 384 g/mol. The van der Waals surface area contributed by atoms with Crippen molar-refractivity contribution in [1.29, 1.82) is 0 Å². The summed E-state index contributed by atoms with van der Waals surface area (Å²) in [7, 11) is 0. The van der Waals surface area contributed by atoms with E-state index in [9.17, 15) is 4.79 Å². The third-order valence-electron chi connectivity index (χ3n) is 6.69. The van der Waals surface area contributed by atoms with E-state index in [0.29, 0.717) is 12.1 Å². The molecular weight excluding hydrogens is 356 g/mol. The number of likely N-dealkylation sites (tertiary alicyclic amines) is 2. The van der Waals surface area contributed by atoms with Gasteiger partial charge in [0.15, 0.2) is 0 Å². The molecule has 6 unspecified atom stereocenters. The van der Waals surface area contributed by atoms with Crippen LogP contribution in [0.25, 0.3) is 0 Å². The van der Waals surface area contributed by atoms with Crippen molar-refractivity contribution in [3.63, 3.8) is 0 Å². The Morgan fingerprint density at radius 2 is 2.04 bits per heavy atom. The highest BCUT2D eigenvalue weighted by molar-refractivity contribution is 9.10. The molecule has 0 aromatic carbocycles. The molecule has 1 saturated carbocycles. The van der Waals surface area contributed by atoms with Crippen LogP contribution in [-0.2, 0) is 4.79 Å². The maximum Gasteiger partial charge on any atom is 0.249 e. The standard InChI is InChI=1S/C17H29BrN4O/c1-11-4-2-3-5-12(11)8-21-9-14-6-13(21)10-22(14)15-7-19-20-17(23)16(15)18/h11-16,19H,2-10H2,1H3,(H,20,23). The molecule has 0 aromatic rings. The molecule has 6 atom stereocenters. The lowest BCUT2D eigenvalue weighted by Gasteiger charge is -2.43. The lowest BCUT2D eigenvalue weighted by molar-refractivity contribution is -0.124. The van der Waals surface area contributed by atoms with Crippen LogP contribution in [0.5, 0.6) is 0 Å². The van der Waals surface area contributed by atoms with Gasteiger partial charge in [-0.1, -0.05) is 42.1 Å². The van der Waals surface area contributed by atoms with Gasteiger partial charge in [-0.25, -0.2) is 5.43 Å². The Morgan fingerprint density at radius 3 is 2.78 bits per heavy atom. The van der Waals surface area contributed by atoms with Gasteiger partial charge in [-0.3, -0.25) is 20.0 Å². The first kappa shape index (κ1) is 16.3. The molecule has 4 rings (SSSR count). The average Bonchev–Trinajstić information content (AvgIpc) is 3.12. The molecule has 0 radical (unpaired) electrons. The second-order valence-electron chi connectivity index (χ2n) is 8.06. The molecule has 4 aliphatic rings. The smallest absolute Gasteiger partial charge is 0.249 e. The van der Waals surface area contributed by atoms with Crippen molar-refractivity contribution in [2.24, 2.45) is 11.8 Å². The molecule has 3 aliphatic heterocycles. The summed E-state index contributed by atoms with van der Waals surface area (Å²) in [4.78, 5) is 17.1. The van der Waals surface area contributed by atoms with Crippen molar-refractivity contribution in [2.75, 3.05) is 26.2 Å². The number of rotatable bonds is 3. The molecule has 2 N–H and O–H groups in total. The van der Waals surface area contributed by atoms with Crippen LogP contribution in [0.4, 0.5) is 0 Å². The Balaban J connectivity index is 1.35. The third kappa shape index (κ3) is 3.08. The molecule has 130 valence electrons. The fraction of sp³-hybridized carbons (Fsp3) is 0.941. The number of amides is 1. The van der Waals surface area contributed by atoms with Crippen molar-refractivity contribution < 1.29 is 4.79 Å². The van der Waals surface area contributed by atoms with Gasteiger partial charge < -0.3 is 0 Å². The summed E-state index contributed by atoms with van der Waals surface area (Å²) in [5.41, 5.74) is 5.77. The van der Waals surface area contributed by atoms with E-state index >= 15 is 0 Å². The van der Waals surface area contributed by atoms with E-state index < -0.39 is 0 Å². The minimum Gasteiger partial charge on any atom is -0.297 e. The fourth-order valence-electron chi connectivity index (χ4n) is 5.25. The van der Waals surface area contributed by atoms with Crippen LogP contribution in [0.2, 0.25) is 0 Å². The van der Waals surface area contributed by atoms with Crippen LogP contribution in [0, 0.1) is 11.8 Å². The predicted molar refractivity (Wildman–Crippen MR) is 94.2 cm³/mol. The average molecular weight is 385 g/mol. The molecule has 1 amide bonds. The Hall–Kier alpha value is -0.170. The highest BCUT2D eigenvalue weighted by Crippen LogP contribution is 2.37. The summed E-state index contributed by atoms with van der Waals surface area (Å²) >= 11 is 3.60. The molecular formula is C17H29BrN4O. The van der Waals surface area contributed by atoms with E-state index in [2.05, 4.69) is 43.5 Å². The second-order valence-corrected chi connectivity index (χ2v) is 9.04. The molecule has 3 saturated heterocycles. The minimum atomic E-state index is -0.0880. The topological polar surface area (TPSA) is 47.6 Å². The summed E-state index contributed by atoms with van der Waals surface area (Å²) in [6, 6.07) is 1.63. The normalized spacial score (nSPS) is 45.4. The summed E-state index contributed by atoms with van der Waals surface area (Å²) in [5.74, 6) is 1.87. The van der Waals surface area contributed by atoms with Crippen LogP contribution >= 0.6 is 15.9 Å². The molecule has 4 fully saturated rings. The Labute approximate surface area is 147 Å². The van der Waals surface area contributed by atoms with E-state index in [4.69, 9.17) is 0 Å². The Kier molecular flexibility index (Phi) is 4.69. The molecule has 0 aromatic heterocycles. The first-order valence-corrected chi connectivity index (χ1v) is 10.2. The van der Waals surface area contributed by atoms with E-state index in [-0.39, 0.29) is 16.8 Å². The van der Waals surface area contributed by atoms with Crippen LogP contribution < -0.4 is 10.9 Å². The Morgan fingerprint density at radius 1 is 1.22 bits per heavy atom. The Bertz CT molecular complexity index is 462. The van der Waals surface area contributed by atoms with Gasteiger partial charge >= 0.3 is 0 Å². The van der Waals surface area contributed by atoms with Crippen LogP contribution in [0.1, 0.15) is 39.0 Å². The number of hydrogen-bond donors (Lipinski definition) is 2. The zero-order valence-electron chi connectivity index (χ0n) is 14.0. The largest absolute Gasteiger partial charge is 0.297 e. The van der Waals surface area contributed by atoms with Gasteiger partial charge in [0, 0.05) is 44.3 Å². The van der Waals surface area contributed by atoms with Gasteiger partial charge in [0.25, 0.3) is 0 Å². The number of nitrogens with zero attached hydrogens (tertiary/aromatic N) is 2. The van der Waals surface area contributed by atoms with Gasteiger partial charge in [0.1, 0.15) is 4.83 Å². The highest BCUT2D eigenvalue weighted by Gasteiger charge is 2.48. The maximum atomic E-state index is 11.9. The molecule has 2 bridgehead atoms. The van der Waals surface area contributed by atoms with Crippen LogP contribution in [-0.4, -0.2) is 64.8 Å². The van der Waals surface area contributed by atoms with Crippen molar-refractivity contribution >= 4 is 21.8 Å². The molecule has 1 aliphatic carbocycles. The molecule has 6 heteroatoms. The summed E-state index contributed by atoms with van der Waals surface area (Å²) < 4.78 is 0. The number of hydrogen-bond acceptors (Lipinski definition) is 4. The number of carbonyl (C=O) groups is 1. The number of nitrogens with one attached hydrogen (secondary N) is 2. The van der Waals surface area contributed by atoms with Crippen molar-refractivity contribution in [1.82, 2.24) is 20.7 Å². The summed E-state index contributed by atoms with van der Waals surface area (Å²) in [5, 5.41) is 0. The second kappa shape index (κ2) is 6.62. The van der Waals surface area contributed by atoms with Crippen LogP contribution in [0.3, 0.4) is 0 Å². The molecule has 23 heavy (non-hydrogen) atoms. The highest BCUT2D eigenvalue weighted by atomic mass is 79.9. The number of alkyl halides is 1. The zero-order valence-corrected chi connectivity index (χ0v) is 15.6. The van der Waals surface area contributed by atoms with Gasteiger partial charge in [-0.05, 0) is 24.7 Å². The maximum absolute atomic E-state index is 11.9. The minimum absolute atomic E-state index is 0.0666. The van der Waals surface area contributed by atoms with E-state index in [1.165, 1.54) is 45.2 Å². The quantitative estimate of drug-likeness (QED) is 0.720. The van der Waals surface area contributed by atoms with Crippen molar-refractivity contribution in [3.8, 4) is 0 Å². The zero-order chi connectivity index (χ0) is 16.0. The molecule has 5 nitrogen and oxygen atoms in total. The predicted octanol–water partition coefficient (Wildman–Crippen LogP) is 1.34. The number of carbonyl (C=O) groups excluding carboxylic acids is 1. The first-order chi connectivity index (χ1) is 11.1. The van der Waals surface area contributed by atoms with Gasteiger partial charge in [0.2, 0.25) is 5.91 Å². The fourth-order valence-corrected chi connectivity index (χ4v) is 5.86. The SMILES string of the molecule is CC1CCCCC1CN1CC2CC1CN2C1CNNC(=O)C1Br. The summed E-state index contributed by atoms with van der Waals surface area (Å²) in [6.45, 7) is 6.92. The van der Waals surface area contributed by atoms with E-state index in [1.807, 2.05) is 0 Å². The van der Waals surface area contributed by atoms with Crippen molar-refractivity contribution in [3.05, 3.63) is 0 Å². The molecule has 3 heterocycles. The van der Waals surface area contributed by atoms with Gasteiger partial charge in [-0.2, -0.15) is 0 Å².